The van der Waals surface area contributed by atoms with Gasteiger partial charge in [-0.15, -0.1) is 0 Å². The molecule has 0 aromatic rings. The highest BCUT2D eigenvalue weighted by Crippen LogP contribution is 2.37. The van der Waals surface area contributed by atoms with Crippen LogP contribution in [0.1, 0.15) is 52.4 Å². The first kappa shape index (κ1) is 17.9. The van der Waals surface area contributed by atoms with Crippen molar-refractivity contribution < 1.29 is 13.2 Å². The largest absolute Gasteiger partial charge is 0.377 e. The third-order valence-corrected chi connectivity index (χ3v) is 6.86. The molecule has 0 radical (unpaired) electrons. The van der Waals surface area contributed by atoms with Gasteiger partial charge in [0.25, 0.3) is 0 Å². The first-order valence-electron chi connectivity index (χ1n) is 7.75. The lowest BCUT2D eigenvalue weighted by Gasteiger charge is -2.45. The molecule has 1 saturated carbocycles. The van der Waals surface area contributed by atoms with Crippen LogP contribution in [0.5, 0.6) is 0 Å². The second-order valence-corrected chi connectivity index (χ2v) is 8.45. The van der Waals surface area contributed by atoms with E-state index in [9.17, 15) is 8.42 Å². The van der Waals surface area contributed by atoms with Crippen LogP contribution in [0.3, 0.4) is 0 Å². The Morgan fingerprint density at radius 3 is 2.30 bits per heavy atom. The summed E-state index contributed by atoms with van der Waals surface area (Å²) < 4.78 is 29.6. The van der Waals surface area contributed by atoms with Crippen molar-refractivity contribution in [3.05, 3.63) is 0 Å². The molecular formula is C15H31NO3S. The predicted octanol–water partition coefficient (Wildman–Crippen LogP) is 2.38. The van der Waals surface area contributed by atoms with Crippen LogP contribution < -0.4 is 5.32 Å². The number of hydrogen-bond donors (Lipinski definition) is 1. The third kappa shape index (κ3) is 3.74. The molecule has 0 amide bonds. The van der Waals surface area contributed by atoms with Crippen molar-refractivity contribution in [2.75, 3.05) is 20.4 Å². The van der Waals surface area contributed by atoms with Crippen LogP contribution in [0, 0.1) is 5.92 Å². The Balaban J connectivity index is 2.94. The molecule has 0 aromatic heterocycles. The second-order valence-electron chi connectivity index (χ2n) is 6.12. The fraction of sp³-hybridized carbons (Fsp3) is 1.00. The number of likely N-dealkylation sites (N-methyl/N-ethyl adjacent to an activating group) is 1. The van der Waals surface area contributed by atoms with Gasteiger partial charge in [0.2, 0.25) is 0 Å². The van der Waals surface area contributed by atoms with E-state index >= 15 is 0 Å². The SMILES string of the molecule is CCC(CC)(OC)C(NC)C1CCCC(S(C)(=O)=O)C1. The summed E-state index contributed by atoms with van der Waals surface area (Å²) in [5, 5.41) is 3.24. The van der Waals surface area contributed by atoms with Crippen molar-refractivity contribution in [3.63, 3.8) is 0 Å². The minimum atomic E-state index is -2.93. The molecule has 5 heteroatoms. The zero-order valence-corrected chi connectivity index (χ0v) is 14.4. The Kier molecular flexibility index (Phi) is 6.48. The smallest absolute Gasteiger partial charge is 0.150 e. The minimum Gasteiger partial charge on any atom is -0.377 e. The Hall–Kier alpha value is -0.130. The maximum Gasteiger partial charge on any atom is 0.150 e. The fourth-order valence-corrected chi connectivity index (χ4v) is 5.10. The normalized spacial score (nSPS) is 26.4. The maximum absolute atomic E-state index is 11.8. The average Bonchev–Trinajstić information content (AvgIpc) is 2.44. The monoisotopic (exact) mass is 305 g/mol. The summed E-state index contributed by atoms with van der Waals surface area (Å²) in [7, 11) is 0.803. The number of nitrogens with one attached hydrogen (secondary N) is 1. The van der Waals surface area contributed by atoms with Crippen molar-refractivity contribution in [1.82, 2.24) is 5.32 Å². The van der Waals surface area contributed by atoms with E-state index in [0.29, 0.717) is 5.92 Å². The zero-order valence-electron chi connectivity index (χ0n) is 13.6. The van der Waals surface area contributed by atoms with E-state index in [1.165, 1.54) is 6.26 Å². The van der Waals surface area contributed by atoms with Gasteiger partial charge >= 0.3 is 0 Å². The van der Waals surface area contributed by atoms with E-state index in [1.807, 2.05) is 7.05 Å². The third-order valence-electron chi connectivity index (χ3n) is 5.22. The molecular weight excluding hydrogens is 274 g/mol. The van der Waals surface area contributed by atoms with Gasteiger partial charge in [-0.2, -0.15) is 0 Å². The van der Waals surface area contributed by atoms with E-state index in [4.69, 9.17) is 4.74 Å². The average molecular weight is 305 g/mol. The lowest BCUT2D eigenvalue weighted by Crippen LogP contribution is -2.55. The molecule has 4 nitrogen and oxygen atoms in total. The summed E-state index contributed by atoms with van der Waals surface area (Å²) in [5.74, 6) is 0.369. The van der Waals surface area contributed by atoms with Crippen LogP contribution in [0.15, 0.2) is 0 Å². The second kappa shape index (κ2) is 7.23. The number of methoxy groups -OCH3 is 1. The van der Waals surface area contributed by atoms with Crippen LogP contribution in [0.2, 0.25) is 0 Å². The van der Waals surface area contributed by atoms with Gasteiger partial charge in [0.15, 0.2) is 0 Å². The van der Waals surface area contributed by atoms with Crippen LogP contribution in [-0.4, -0.2) is 45.7 Å². The lowest BCUT2D eigenvalue weighted by atomic mass is 9.74. The van der Waals surface area contributed by atoms with E-state index in [1.54, 1.807) is 7.11 Å². The summed E-state index contributed by atoms with van der Waals surface area (Å²) in [5.41, 5.74) is -0.196. The zero-order chi connectivity index (χ0) is 15.4. The van der Waals surface area contributed by atoms with Crippen molar-refractivity contribution in [2.45, 2.75) is 69.3 Å². The molecule has 0 bridgehead atoms. The van der Waals surface area contributed by atoms with Gasteiger partial charge in [0.1, 0.15) is 9.84 Å². The molecule has 0 heterocycles. The summed E-state index contributed by atoms with van der Waals surface area (Å²) >= 11 is 0. The van der Waals surface area contributed by atoms with Gasteiger partial charge in [0, 0.05) is 19.4 Å². The van der Waals surface area contributed by atoms with E-state index < -0.39 is 9.84 Å². The molecule has 120 valence electrons. The molecule has 0 saturated heterocycles. The maximum atomic E-state index is 11.8. The Morgan fingerprint density at radius 1 is 1.30 bits per heavy atom. The molecule has 1 fully saturated rings. The number of ether oxygens (including phenoxy) is 1. The molecule has 1 aliphatic rings. The highest BCUT2D eigenvalue weighted by Gasteiger charge is 2.42. The topological polar surface area (TPSA) is 55.4 Å². The molecule has 3 atom stereocenters. The van der Waals surface area contributed by atoms with Gasteiger partial charge in [-0.05, 0) is 45.1 Å². The molecule has 3 unspecified atom stereocenters. The highest BCUT2D eigenvalue weighted by molar-refractivity contribution is 7.91. The molecule has 1 N–H and O–H groups in total. The van der Waals surface area contributed by atoms with E-state index in [2.05, 4.69) is 19.2 Å². The Morgan fingerprint density at radius 2 is 1.90 bits per heavy atom. The first-order chi connectivity index (χ1) is 9.34. The lowest BCUT2D eigenvalue weighted by molar-refractivity contribution is -0.0648. The Bertz CT molecular complexity index is 382. The molecule has 1 aliphatic carbocycles. The Labute approximate surface area is 124 Å². The summed E-state index contributed by atoms with van der Waals surface area (Å²) in [6, 6.07) is 0.215. The summed E-state index contributed by atoms with van der Waals surface area (Å²) in [4.78, 5) is 0. The van der Waals surface area contributed by atoms with Crippen LogP contribution in [0.25, 0.3) is 0 Å². The van der Waals surface area contributed by atoms with Gasteiger partial charge in [-0.1, -0.05) is 20.3 Å². The van der Waals surface area contributed by atoms with Gasteiger partial charge < -0.3 is 10.1 Å². The quantitative estimate of drug-likeness (QED) is 0.784. The van der Waals surface area contributed by atoms with E-state index in [0.717, 1.165) is 38.5 Å². The molecule has 0 spiro atoms. The van der Waals surface area contributed by atoms with Crippen molar-refractivity contribution in [1.29, 1.82) is 0 Å². The van der Waals surface area contributed by atoms with Crippen molar-refractivity contribution in [2.24, 2.45) is 5.92 Å². The summed E-state index contributed by atoms with van der Waals surface area (Å²) in [6.45, 7) is 4.29. The molecule has 0 aliphatic heterocycles. The number of rotatable bonds is 7. The van der Waals surface area contributed by atoms with Crippen molar-refractivity contribution >= 4 is 9.84 Å². The van der Waals surface area contributed by atoms with Crippen LogP contribution >= 0.6 is 0 Å². The fourth-order valence-electron chi connectivity index (χ4n) is 3.91. The molecule has 0 aromatic carbocycles. The minimum absolute atomic E-state index is 0.180. The van der Waals surface area contributed by atoms with Crippen LogP contribution in [-0.2, 0) is 14.6 Å². The van der Waals surface area contributed by atoms with Crippen LogP contribution in [0.4, 0.5) is 0 Å². The summed E-state index contributed by atoms with van der Waals surface area (Å²) in [6.07, 6.45) is 6.89. The van der Waals surface area contributed by atoms with Gasteiger partial charge in [-0.3, -0.25) is 0 Å². The molecule has 20 heavy (non-hydrogen) atoms. The standard InChI is InChI=1S/C15H31NO3S/c1-6-15(7-2,19-4)14(16-3)12-9-8-10-13(11-12)20(5,17)18/h12-14,16H,6-11H2,1-5H3. The highest BCUT2D eigenvalue weighted by atomic mass is 32.2. The predicted molar refractivity (Wildman–Crippen MR) is 83.8 cm³/mol. The number of sulfone groups is 1. The molecule has 1 rings (SSSR count). The van der Waals surface area contributed by atoms with Crippen molar-refractivity contribution in [3.8, 4) is 0 Å². The van der Waals surface area contributed by atoms with Gasteiger partial charge in [-0.25, -0.2) is 8.42 Å². The first-order valence-corrected chi connectivity index (χ1v) is 9.71. The van der Waals surface area contributed by atoms with E-state index in [-0.39, 0.29) is 16.9 Å². The number of hydrogen-bond acceptors (Lipinski definition) is 4. The van der Waals surface area contributed by atoms with Gasteiger partial charge in [0.05, 0.1) is 10.9 Å².